The van der Waals surface area contributed by atoms with E-state index in [1.165, 1.54) is 0 Å². The van der Waals surface area contributed by atoms with Gasteiger partial charge in [0.05, 0.1) is 13.7 Å². The molecule has 0 aliphatic rings. The molecule has 0 bridgehead atoms. The number of rotatable bonds is 8. The Bertz CT molecular complexity index is 658. The van der Waals surface area contributed by atoms with Gasteiger partial charge in [0.2, 0.25) is 0 Å². The standard InChI is InChI=1S/C20H26ClNO2/c1-14(2)13-24-19-9-8-15(11-20(19)23-3)10-16(12-22)17-6-4-5-7-18(17)21/h4-9,11,14,16H,10,12-13,22H2,1-3H3. The van der Waals surface area contributed by atoms with Gasteiger partial charge in [0.25, 0.3) is 0 Å². The molecular formula is C20H26ClNO2. The van der Waals surface area contributed by atoms with Crippen LogP contribution in [0.3, 0.4) is 0 Å². The van der Waals surface area contributed by atoms with Crippen molar-refractivity contribution in [2.45, 2.75) is 26.2 Å². The van der Waals surface area contributed by atoms with Crippen molar-refractivity contribution in [3.05, 3.63) is 58.6 Å². The second-order valence-corrected chi connectivity index (χ2v) is 6.76. The fourth-order valence-corrected chi connectivity index (χ4v) is 2.92. The van der Waals surface area contributed by atoms with E-state index < -0.39 is 0 Å². The molecule has 0 aliphatic heterocycles. The molecule has 0 radical (unpaired) electrons. The minimum absolute atomic E-state index is 0.172. The van der Waals surface area contributed by atoms with Crippen LogP contribution in [0.25, 0.3) is 0 Å². The first-order valence-electron chi connectivity index (χ1n) is 8.29. The van der Waals surface area contributed by atoms with E-state index in [1.807, 2.05) is 36.4 Å². The molecule has 3 nitrogen and oxygen atoms in total. The zero-order chi connectivity index (χ0) is 17.5. The average molecular weight is 348 g/mol. The van der Waals surface area contributed by atoms with Crippen LogP contribution in [-0.4, -0.2) is 20.3 Å². The molecule has 2 aromatic rings. The normalized spacial score (nSPS) is 12.2. The van der Waals surface area contributed by atoms with Crippen molar-refractivity contribution in [3.8, 4) is 11.5 Å². The highest BCUT2D eigenvalue weighted by molar-refractivity contribution is 6.31. The van der Waals surface area contributed by atoms with Crippen molar-refractivity contribution in [1.29, 1.82) is 0 Å². The summed E-state index contributed by atoms with van der Waals surface area (Å²) in [7, 11) is 1.66. The van der Waals surface area contributed by atoms with Crippen LogP contribution in [0, 0.1) is 5.92 Å². The summed E-state index contributed by atoms with van der Waals surface area (Å²) in [5, 5.41) is 0.761. The number of nitrogens with two attached hydrogens (primary N) is 1. The van der Waals surface area contributed by atoms with Crippen molar-refractivity contribution >= 4 is 11.6 Å². The maximum Gasteiger partial charge on any atom is 0.161 e. The maximum atomic E-state index is 6.32. The first-order chi connectivity index (χ1) is 11.5. The van der Waals surface area contributed by atoms with E-state index in [0.29, 0.717) is 19.1 Å². The summed E-state index contributed by atoms with van der Waals surface area (Å²) < 4.78 is 11.3. The lowest BCUT2D eigenvalue weighted by molar-refractivity contribution is 0.256. The van der Waals surface area contributed by atoms with Gasteiger partial charge in [-0.25, -0.2) is 0 Å². The largest absolute Gasteiger partial charge is 0.493 e. The van der Waals surface area contributed by atoms with Crippen molar-refractivity contribution in [2.24, 2.45) is 11.7 Å². The molecule has 0 amide bonds. The Labute approximate surface area is 149 Å². The first kappa shape index (κ1) is 18.6. The van der Waals surface area contributed by atoms with E-state index in [2.05, 4.69) is 19.9 Å². The summed E-state index contributed by atoms with van der Waals surface area (Å²) in [6.07, 6.45) is 0.807. The van der Waals surface area contributed by atoms with E-state index in [0.717, 1.165) is 34.1 Å². The van der Waals surface area contributed by atoms with Gasteiger partial charge in [0.1, 0.15) is 0 Å². The van der Waals surface area contributed by atoms with E-state index >= 15 is 0 Å². The van der Waals surface area contributed by atoms with Crippen molar-refractivity contribution in [1.82, 2.24) is 0 Å². The number of ether oxygens (including phenoxy) is 2. The molecule has 1 atom stereocenters. The van der Waals surface area contributed by atoms with Crippen LogP contribution in [0.2, 0.25) is 5.02 Å². The molecule has 24 heavy (non-hydrogen) atoms. The molecule has 0 aromatic heterocycles. The molecule has 0 saturated heterocycles. The molecule has 130 valence electrons. The molecule has 0 heterocycles. The van der Waals surface area contributed by atoms with Gasteiger partial charge in [0, 0.05) is 10.9 Å². The highest BCUT2D eigenvalue weighted by atomic mass is 35.5. The highest BCUT2D eigenvalue weighted by Crippen LogP contribution is 2.32. The monoisotopic (exact) mass is 347 g/mol. The van der Waals surface area contributed by atoms with Crippen LogP contribution < -0.4 is 15.2 Å². The number of halogens is 1. The quantitative estimate of drug-likeness (QED) is 0.754. The van der Waals surface area contributed by atoms with Gasteiger partial charge in [-0.05, 0) is 48.2 Å². The third-order valence-corrected chi connectivity index (χ3v) is 4.26. The molecule has 2 aromatic carbocycles. The Balaban J connectivity index is 2.18. The number of hydrogen-bond donors (Lipinski definition) is 1. The third kappa shape index (κ3) is 4.89. The van der Waals surface area contributed by atoms with Crippen molar-refractivity contribution in [3.63, 3.8) is 0 Å². The number of benzene rings is 2. The number of methoxy groups -OCH3 is 1. The Kier molecular flexibility index (Phi) is 6.95. The smallest absolute Gasteiger partial charge is 0.161 e. The highest BCUT2D eigenvalue weighted by Gasteiger charge is 2.15. The molecular weight excluding hydrogens is 322 g/mol. The van der Waals surface area contributed by atoms with Gasteiger partial charge >= 0.3 is 0 Å². The van der Waals surface area contributed by atoms with Crippen LogP contribution in [-0.2, 0) is 6.42 Å². The van der Waals surface area contributed by atoms with Crippen LogP contribution in [0.4, 0.5) is 0 Å². The molecule has 2 N–H and O–H groups in total. The molecule has 2 rings (SSSR count). The van der Waals surface area contributed by atoms with E-state index in [9.17, 15) is 0 Å². The fourth-order valence-electron chi connectivity index (χ4n) is 2.63. The van der Waals surface area contributed by atoms with Crippen LogP contribution >= 0.6 is 11.6 Å². The zero-order valence-corrected chi connectivity index (χ0v) is 15.3. The van der Waals surface area contributed by atoms with E-state index in [4.69, 9.17) is 26.8 Å². The Morgan fingerprint density at radius 3 is 2.46 bits per heavy atom. The van der Waals surface area contributed by atoms with Crippen molar-refractivity contribution in [2.75, 3.05) is 20.3 Å². The van der Waals surface area contributed by atoms with Gasteiger partial charge in [-0.2, -0.15) is 0 Å². The Hall–Kier alpha value is -1.71. The minimum Gasteiger partial charge on any atom is -0.493 e. The van der Waals surface area contributed by atoms with Crippen LogP contribution in [0.5, 0.6) is 11.5 Å². The molecule has 4 heteroatoms. The second kappa shape index (κ2) is 8.95. The summed E-state index contributed by atoms with van der Waals surface area (Å²) >= 11 is 6.32. The van der Waals surface area contributed by atoms with Gasteiger partial charge in [-0.15, -0.1) is 0 Å². The minimum atomic E-state index is 0.172. The SMILES string of the molecule is COc1cc(CC(CN)c2ccccc2Cl)ccc1OCC(C)C. The third-order valence-electron chi connectivity index (χ3n) is 3.91. The number of hydrogen-bond acceptors (Lipinski definition) is 3. The van der Waals surface area contributed by atoms with Gasteiger partial charge in [-0.3, -0.25) is 0 Å². The predicted octanol–water partition coefficient (Wildman–Crippen LogP) is 4.67. The zero-order valence-electron chi connectivity index (χ0n) is 14.6. The Morgan fingerprint density at radius 2 is 1.83 bits per heavy atom. The molecule has 0 fully saturated rings. The summed E-state index contributed by atoms with van der Waals surface area (Å²) in [6.45, 7) is 5.45. The molecule has 0 saturated carbocycles. The van der Waals surface area contributed by atoms with Gasteiger partial charge < -0.3 is 15.2 Å². The lowest BCUT2D eigenvalue weighted by Gasteiger charge is -2.18. The second-order valence-electron chi connectivity index (χ2n) is 6.35. The average Bonchev–Trinajstić information content (AvgIpc) is 2.58. The topological polar surface area (TPSA) is 44.5 Å². The van der Waals surface area contributed by atoms with Gasteiger partial charge in [-0.1, -0.05) is 49.7 Å². The van der Waals surface area contributed by atoms with E-state index in [1.54, 1.807) is 7.11 Å². The lowest BCUT2D eigenvalue weighted by atomic mass is 9.92. The van der Waals surface area contributed by atoms with Crippen LogP contribution in [0.15, 0.2) is 42.5 Å². The van der Waals surface area contributed by atoms with Crippen LogP contribution in [0.1, 0.15) is 30.9 Å². The van der Waals surface area contributed by atoms with E-state index in [-0.39, 0.29) is 5.92 Å². The first-order valence-corrected chi connectivity index (χ1v) is 8.67. The summed E-state index contributed by atoms with van der Waals surface area (Å²) in [4.78, 5) is 0. The molecule has 0 spiro atoms. The predicted molar refractivity (Wildman–Crippen MR) is 100 cm³/mol. The lowest BCUT2D eigenvalue weighted by Crippen LogP contribution is -2.15. The summed E-state index contributed by atoms with van der Waals surface area (Å²) in [5.74, 6) is 2.17. The maximum absolute atomic E-state index is 6.32. The van der Waals surface area contributed by atoms with Crippen molar-refractivity contribution < 1.29 is 9.47 Å². The summed E-state index contributed by atoms with van der Waals surface area (Å²) in [5.41, 5.74) is 8.22. The van der Waals surface area contributed by atoms with Gasteiger partial charge in [0.15, 0.2) is 11.5 Å². The molecule has 1 unspecified atom stereocenters. The molecule has 0 aliphatic carbocycles. The fraction of sp³-hybridized carbons (Fsp3) is 0.400. The Morgan fingerprint density at radius 1 is 1.08 bits per heavy atom. The summed E-state index contributed by atoms with van der Waals surface area (Å²) in [6, 6.07) is 13.9.